The van der Waals surface area contributed by atoms with Crippen molar-refractivity contribution in [3.05, 3.63) is 64.8 Å². The molecule has 0 spiro atoms. The molecule has 168 valence electrons. The smallest absolute Gasteiger partial charge is 0.346 e. The second kappa shape index (κ2) is 8.58. The highest BCUT2D eigenvalue weighted by atomic mass is 16.7. The quantitative estimate of drug-likeness (QED) is 0.545. The number of carbonyl (C=O) groups is 2. The summed E-state index contributed by atoms with van der Waals surface area (Å²) in [6, 6.07) is 13.3. The first-order valence-electron chi connectivity index (χ1n) is 10.9. The van der Waals surface area contributed by atoms with Crippen LogP contribution in [0, 0.1) is 0 Å². The van der Waals surface area contributed by atoms with Crippen LogP contribution in [0.25, 0.3) is 22.6 Å². The van der Waals surface area contributed by atoms with E-state index in [1.54, 1.807) is 0 Å². The van der Waals surface area contributed by atoms with Crippen LogP contribution in [0.2, 0.25) is 0 Å². The average Bonchev–Trinajstić information content (AvgIpc) is 3.30. The zero-order valence-corrected chi connectivity index (χ0v) is 18.4. The lowest BCUT2D eigenvalue weighted by atomic mass is 9.86. The molecule has 1 aliphatic carbocycles. The molecule has 33 heavy (non-hydrogen) atoms. The van der Waals surface area contributed by atoms with Crippen molar-refractivity contribution in [3.8, 4) is 11.5 Å². The van der Waals surface area contributed by atoms with Gasteiger partial charge < -0.3 is 18.9 Å². The summed E-state index contributed by atoms with van der Waals surface area (Å²) in [7, 11) is 1.27. The number of nitrogens with zero attached hydrogens (tertiary/aromatic N) is 1. The lowest BCUT2D eigenvalue weighted by molar-refractivity contribution is -0.149. The number of carbonyl (C=O) groups excluding carboxylic acids is 2. The SMILES string of the molecule is COC(=O)C(C)OC(=O)c1c2c(nc3ccccc13)/C(=C\c1ccc3c(c1)OCO3)CCC2. The van der Waals surface area contributed by atoms with Crippen molar-refractivity contribution < 1.29 is 28.5 Å². The second-order valence-corrected chi connectivity index (χ2v) is 8.04. The largest absolute Gasteiger partial charge is 0.466 e. The summed E-state index contributed by atoms with van der Waals surface area (Å²) in [5, 5.41) is 0.711. The summed E-state index contributed by atoms with van der Waals surface area (Å²) in [5.74, 6) is 0.300. The Morgan fingerprint density at radius 2 is 1.91 bits per heavy atom. The Hall–Kier alpha value is -3.87. The van der Waals surface area contributed by atoms with Crippen LogP contribution in [0.4, 0.5) is 0 Å². The highest BCUT2D eigenvalue weighted by Gasteiger charge is 2.28. The second-order valence-electron chi connectivity index (χ2n) is 8.04. The van der Waals surface area contributed by atoms with Gasteiger partial charge >= 0.3 is 11.9 Å². The van der Waals surface area contributed by atoms with Gasteiger partial charge in [-0.2, -0.15) is 0 Å². The molecule has 0 radical (unpaired) electrons. The number of hydrogen-bond donors (Lipinski definition) is 0. The maximum atomic E-state index is 13.2. The molecule has 0 fully saturated rings. The van der Waals surface area contributed by atoms with Gasteiger partial charge in [0.2, 0.25) is 6.79 Å². The number of rotatable bonds is 4. The third kappa shape index (κ3) is 3.91. The number of methoxy groups -OCH3 is 1. The number of ether oxygens (including phenoxy) is 4. The first kappa shape index (κ1) is 21.0. The van der Waals surface area contributed by atoms with Crippen LogP contribution in [0.15, 0.2) is 42.5 Å². The zero-order chi connectivity index (χ0) is 22.9. The molecule has 1 atom stereocenters. The fourth-order valence-corrected chi connectivity index (χ4v) is 4.35. The van der Waals surface area contributed by atoms with Crippen molar-refractivity contribution in [1.82, 2.24) is 4.98 Å². The van der Waals surface area contributed by atoms with Gasteiger partial charge in [-0.15, -0.1) is 0 Å². The molecule has 5 rings (SSSR count). The van der Waals surface area contributed by atoms with Gasteiger partial charge in [-0.25, -0.2) is 14.6 Å². The van der Waals surface area contributed by atoms with Crippen LogP contribution in [0.5, 0.6) is 11.5 Å². The number of aromatic nitrogens is 1. The zero-order valence-electron chi connectivity index (χ0n) is 18.4. The average molecular weight is 445 g/mol. The molecule has 0 N–H and O–H groups in total. The summed E-state index contributed by atoms with van der Waals surface area (Å²) in [4.78, 5) is 30.0. The van der Waals surface area contributed by atoms with Crippen LogP contribution in [-0.2, 0) is 20.7 Å². The fraction of sp³-hybridized carbons (Fsp3) is 0.269. The summed E-state index contributed by atoms with van der Waals surface area (Å²) >= 11 is 0. The molecule has 1 unspecified atom stereocenters. The van der Waals surface area contributed by atoms with E-state index in [0.717, 1.165) is 41.0 Å². The summed E-state index contributed by atoms with van der Waals surface area (Å²) in [5.41, 5.74) is 4.80. The van der Waals surface area contributed by atoms with Crippen molar-refractivity contribution in [1.29, 1.82) is 0 Å². The number of esters is 2. The normalized spacial score (nSPS) is 16.4. The van der Waals surface area contributed by atoms with Crippen LogP contribution in [0.1, 0.15) is 46.9 Å². The van der Waals surface area contributed by atoms with Crippen molar-refractivity contribution in [2.24, 2.45) is 0 Å². The Morgan fingerprint density at radius 1 is 1.09 bits per heavy atom. The highest BCUT2D eigenvalue weighted by Crippen LogP contribution is 2.38. The summed E-state index contributed by atoms with van der Waals surface area (Å²) < 4.78 is 21.1. The summed E-state index contributed by atoms with van der Waals surface area (Å²) in [6.45, 7) is 1.73. The minimum atomic E-state index is -1.00. The molecule has 1 aliphatic heterocycles. The molecular weight excluding hydrogens is 422 g/mol. The van der Waals surface area contributed by atoms with Crippen molar-refractivity contribution in [2.75, 3.05) is 13.9 Å². The minimum absolute atomic E-state index is 0.223. The van der Waals surface area contributed by atoms with Crippen LogP contribution < -0.4 is 9.47 Å². The van der Waals surface area contributed by atoms with Gasteiger partial charge in [0.25, 0.3) is 0 Å². The Labute approximate surface area is 190 Å². The Kier molecular flexibility index (Phi) is 5.46. The summed E-state index contributed by atoms with van der Waals surface area (Å²) in [6.07, 6.45) is 3.48. The van der Waals surface area contributed by atoms with Crippen molar-refractivity contribution in [2.45, 2.75) is 32.3 Å². The predicted molar refractivity (Wildman–Crippen MR) is 122 cm³/mol. The van der Waals surface area contributed by atoms with Gasteiger partial charge in [-0.1, -0.05) is 24.3 Å². The number of fused-ring (bicyclic) bond motifs is 3. The van der Waals surface area contributed by atoms with E-state index in [-0.39, 0.29) is 6.79 Å². The number of benzene rings is 2. The molecule has 2 aromatic carbocycles. The van der Waals surface area contributed by atoms with Crippen molar-refractivity contribution in [3.63, 3.8) is 0 Å². The molecule has 0 amide bonds. The van der Waals surface area contributed by atoms with Crippen molar-refractivity contribution >= 4 is 34.5 Å². The number of pyridine rings is 1. The number of para-hydroxylation sites is 1. The highest BCUT2D eigenvalue weighted by molar-refractivity contribution is 6.07. The van der Waals surface area contributed by atoms with E-state index in [4.69, 9.17) is 23.9 Å². The van der Waals surface area contributed by atoms with Gasteiger partial charge in [-0.05, 0) is 67.2 Å². The lowest BCUT2D eigenvalue weighted by Crippen LogP contribution is -2.26. The molecule has 1 aromatic heterocycles. The Bertz CT molecular complexity index is 1300. The predicted octanol–water partition coefficient (Wildman–Crippen LogP) is 4.56. The van der Waals surface area contributed by atoms with Gasteiger partial charge in [0.15, 0.2) is 17.6 Å². The van der Waals surface area contributed by atoms with Gasteiger partial charge in [0.1, 0.15) is 0 Å². The Balaban J connectivity index is 1.61. The molecule has 2 heterocycles. The first-order valence-corrected chi connectivity index (χ1v) is 10.9. The maximum absolute atomic E-state index is 13.2. The molecule has 3 aromatic rings. The number of allylic oxidation sites excluding steroid dienone is 1. The van der Waals surface area contributed by atoms with E-state index in [0.29, 0.717) is 28.6 Å². The van der Waals surface area contributed by atoms with Gasteiger partial charge in [0, 0.05) is 5.39 Å². The van der Waals surface area contributed by atoms with Crippen LogP contribution in [0.3, 0.4) is 0 Å². The van der Waals surface area contributed by atoms with Crippen LogP contribution >= 0.6 is 0 Å². The number of hydrogen-bond acceptors (Lipinski definition) is 7. The first-order chi connectivity index (χ1) is 16.0. The molecule has 2 aliphatic rings. The standard InChI is InChI=1S/C26H23NO6/c1-15(25(28)30-2)33-26(29)23-18-7-3-4-9-20(18)27-24-17(6-5-8-19(23)24)12-16-10-11-21-22(13-16)32-14-31-21/h3-4,7,9-13,15H,5-6,8,14H2,1-2H3/b17-12-. The lowest BCUT2D eigenvalue weighted by Gasteiger charge is -2.23. The molecule has 7 nitrogen and oxygen atoms in total. The van der Waals surface area contributed by atoms with Gasteiger partial charge in [-0.3, -0.25) is 0 Å². The molecule has 0 bridgehead atoms. The molecule has 0 saturated heterocycles. The van der Waals surface area contributed by atoms with Gasteiger partial charge in [0.05, 0.1) is 23.9 Å². The van der Waals surface area contributed by atoms with E-state index in [1.807, 2.05) is 42.5 Å². The molecule has 0 saturated carbocycles. The topological polar surface area (TPSA) is 84.0 Å². The molecular formula is C26H23NO6. The fourth-order valence-electron chi connectivity index (χ4n) is 4.35. The van der Waals surface area contributed by atoms with Crippen LogP contribution in [-0.4, -0.2) is 36.9 Å². The van der Waals surface area contributed by atoms with E-state index in [9.17, 15) is 9.59 Å². The van der Waals surface area contributed by atoms with E-state index >= 15 is 0 Å². The molecule has 7 heteroatoms. The third-order valence-electron chi connectivity index (χ3n) is 5.93. The monoisotopic (exact) mass is 445 g/mol. The minimum Gasteiger partial charge on any atom is -0.466 e. The Morgan fingerprint density at radius 3 is 2.76 bits per heavy atom. The maximum Gasteiger partial charge on any atom is 0.346 e. The van der Waals surface area contributed by atoms with E-state index in [1.165, 1.54) is 14.0 Å². The van der Waals surface area contributed by atoms with E-state index in [2.05, 4.69) is 6.08 Å². The van der Waals surface area contributed by atoms with E-state index < -0.39 is 18.0 Å². The third-order valence-corrected chi connectivity index (χ3v) is 5.93.